The van der Waals surface area contributed by atoms with E-state index >= 15 is 0 Å². The molecule has 0 aromatic heterocycles. The van der Waals surface area contributed by atoms with Crippen LogP contribution in [0.1, 0.15) is 16.7 Å². The number of hydrogen-bond acceptors (Lipinski definition) is 2. The van der Waals surface area contributed by atoms with Gasteiger partial charge in [-0.1, -0.05) is 12.6 Å². The van der Waals surface area contributed by atoms with Gasteiger partial charge in [0.1, 0.15) is 5.75 Å². The lowest BCUT2D eigenvalue weighted by Gasteiger charge is -2.12. The number of aliphatic carboxylic acids is 1. The molecule has 0 aliphatic carbocycles. The van der Waals surface area contributed by atoms with E-state index in [9.17, 15) is 4.79 Å². The maximum Gasteiger partial charge on any atom is 0.331 e. The zero-order valence-corrected chi connectivity index (χ0v) is 9.83. The Balaban J connectivity index is 3.04. The Morgan fingerprint density at radius 1 is 1.38 bits per heavy atom. The molecule has 0 aliphatic heterocycles. The number of methoxy groups -OCH3 is 1. The first-order valence-electron chi connectivity index (χ1n) is 5.01. The highest BCUT2D eigenvalue weighted by Crippen LogP contribution is 2.25. The fourth-order valence-electron chi connectivity index (χ4n) is 1.57. The van der Waals surface area contributed by atoms with E-state index in [0.717, 1.165) is 22.4 Å². The van der Waals surface area contributed by atoms with Gasteiger partial charge >= 0.3 is 5.97 Å². The molecule has 0 unspecified atom stereocenters. The highest BCUT2D eigenvalue weighted by Gasteiger charge is 2.10. The van der Waals surface area contributed by atoms with Gasteiger partial charge in [-0.3, -0.25) is 0 Å². The van der Waals surface area contributed by atoms with Crippen molar-refractivity contribution in [1.29, 1.82) is 0 Å². The first kappa shape index (κ1) is 12.3. The van der Waals surface area contributed by atoms with Gasteiger partial charge in [0.25, 0.3) is 0 Å². The quantitative estimate of drug-likeness (QED) is 0.793. The summed E-state index contributed by atoms with van der Waals surface area (Å²) < 4.78 is 5.19. The van der Waals surface area contributed by atoms with Crippen LogP contribution in [-0.4, -0.2) is 18.2 Å². The van der Waals surface area contributed by atoms with E-state index in [1.807, 2.05) is 26.0 Å². The molecular formula is C13H16O3. The lowest BCUT2D eigenvalue weighted by Crippen LogP contribution is -2.04. The van der Waals surface area contributed by atoms with Gasteiger partial charge in [0.15, 0.2) is 0 Å². The molecule has 0 heterocycles. The number of carboxylic acids is 1. The summed E-state index contributed by atoms with van der Waals surface area (Å²) in [6.07, 6.45) is 0.367. The second-order valence-electron chi connectivity index (χ2n) is 3.76. The molecule has 0 saturated heterocycles. The van der Waals surface area contributed by atoms with Crippen molar-refractivity contribution in [2.75, 3.05) is 7.11 Å². The van der Waals surface area contributed by atoms with E-state index in [2.05, 4.69) is 6.58 Å². The van der Waals surface area contributed by atoms with E-state index < -0.39 is 5.97 Å². The van der Waals surface area contributed by atoms with E-state index in [1.165, 1.54) is 0 Å². The molecule has 3 nitrogen and oxygen atoms in total. The Labute approximate surface area is 95.4 Å². The number of rotatable bonds is 4. The van der Waals surface area contributed by atoms with Crippen molar-refractivity contribution < 1.29 is 14.6 Å². The van der Waals surface area contributed by atoms with Crippen molar-refractivity contribution in [3.63, 3.8) is 0 Å². The van der Waals surface area contributed by atoms with Gasteiger partial charge in [-0.15, -0.1) is 0 Å². The maximum absolute atomic E-state index is 10.7. The predicted octanol–water partition coefficient (Wildman–Crippen LogP) is 2.50. The Bertz CT molecular complexity index is 433. The number of benzene rings is 1. The van der Waals surface area contributed by atoms with Crippen molar-refractivity contribution >= 4 is 5.97 Å². The molecule has 1 aromatic rings. The van der Waals surface area contributed by atoms with E-state index in [0.29, 0.717) is 6.42 Å². The fourth-order valence-corrected chi connectivity index (χ4v) is 1.57. The van der Waals surface area contributed by atoms with Gasteiger partial charge in [0.05, 0.1) is 7.11 Å². The van der Waals surface area contributed by atoms with Crippen LogP contribution in [0.4, 0.5) is 0 Å². The van der Waals surface area contributed by atoms with Gasteiger partial charge in [0, 0.05) is 12.0 Å². The summed E-state index contributed by atoms with van der Waals surface area (Å²) in [5.74, 6) is -0.130. The summed E-state index contributed by atoms with van der Waals surface area (Å²) in [5.41, 5.74) is 3.28. The zero-order valence-electron chi connectivity index (χ0n) is 9.83. The molecular weight excluding hydrogens is 204 g/mol. The normalized spacial score (nSPS) is 9.94. The summed E-state index contributed by atoms with van der Waals surface area (Å²) >= 11 is 0. The minimum atomic E-state index is -0.951. The molecule has 1 aromatic carbocycles. The highest BCUT2D eigenvalue weighted by atomic mass is 16.5. The van der Waals surface area contributed by atoms with Crippen LogP contribution >= 0.6 is 0 Å². The zero-order chi connectivity index (χ0) is 12.3. The number of carboxylic acid groups (broad SMARTS) is 1. The SMILES string of the molecule is C=C(Cc1ccc(OC)c(C)c1C)C(=O)O. The third-order valence-corrected chi connectivity index (χ3v) is 2.78. The molecule has 3 heteroatoms. The summed E-state index contributed by atoms with van der Waals surface area (Å²) in [6.45, 7) is 7.45. The monoisotopic (exact) mass is 220 g/mol. The number of hydrogen-bond donors (Lipinski definition) is 1. The van der Waals surface area contributed by atoms with Crippen LogP contribution in [0.25, 0.3) is 0 Å². The van der Waals surface area contributed by atoms with Crippen LogP contribution in [0.15, 0.2) is 24.3 Å². The molecule has 86 valence electrons. The van der Waals surface area contributed by atoms with Crippen molar-refractivity contribution in [2.24, 2.45) is 0 Å². The number of carbonyl (C=O) groups is 1. The first-order chi connectivity index (χ1) is 7.47. The first-order valence-corrected chi connectivity index (χ1v) is 5.01. The molecule has 0 spiro atoms. The molecule has 0 bridgehead atoms. The lowest BCUT2D eigenvalue weighted by atomic mass is 9.97. The lowest BCUT2D eigenvalue weighted by molar-refractivity contribution is -0.132. The molecule has 1 rings (SSSR count). The smallest absolute Gasteiger partial charge is 0.331 e. The Morgan fingerprint density at radius 2 is 2.00 bits per heavy atom. The van der Waals surface area contributed by atoms with Crippen LogP contribution in [0.2, 0.25) is 0 Å². The third-order valence-electron chi connectivity index (χ3n) is 2.78. The predicted molar refractivity (Wildman–Crippen MR) is 62.9 cm³/mol. The van der Waals surface area contributed by atoms with E-state index in [4.69, 9.17) is 9.84 Å². The summed E-state index contributed by atoms with van der Waals surface area (Å²) in [5, 5.41) is 8.78. The second-order valence-corrected chi connectivity index (χ2v) is 3.76. The van der Waals surface area contributed by atoms with Gasteiger partial charge in [-0.05, 0) is 36.6 Å². The van der Waals surface area contributed by atoms with Gasteiger partial charge < -0.3 is 9.84 Å². The number of ether oxygens (including phenoxy) is 1. The molecule has 16 heavy (non-hydrogen) atoms. The average molecular weight is 220 g/mol. The van der Waals surface area contributed by atoms with Gasteiger partial charge in [0.2, 0.25) is 0 Å². The fraction of sp³-hybridized carbons (Fsp3) is 0.308. The summed E-state index contributed by atoms with van der Waals surface area (Å²) in [6, 6.07) is 3.74. The van der Waals surface area contributed by atoms with Crippen LogP contribution < -0.4 is 4.74 Å². The van der Waals surface area contributed by atoms with Crippen molar-refractivity contribution in [2.45, 2.75) is 20.3 Å². The third kappa shape index (κ3) is 2.42. The maximum atomic E-state index is 10.7. The molecule has 0 amide bonds. The molecule has 0 fully saturated rings. The molecule has 0 radical (unpaired) electrons. The Kier molecular flexibility index (Phi) is 3.72. The Morgan fingerprint density at radius 3 is 2.50 bits per heavy atom. The van der Waals surface area contributed by atoms with E-state index in [-0.39, 0.29) is 5.57 Å². The van der Waals surface area contributed by atoms with Crippen LogP contribution in [0.3, 0.4) is 0 Å². The van der Waals surface area contributed by atoms with Crippen molar-refractivity contribution in [3.05, 3.63) is 41.0 Å². The largest absolute Gasteiger partial charge is 0.496 e. The summed E-state index contributed by atoms with van der Waals surface area (Å²) in [7, 11) is 1.62. The molecule has 0 saturated carbocycles. The topological polar surface area (TPSA) is 46.5 Å². The molecule has 0 atom stereocenters. The second kappa shape index (κ2) is 4.84. The molecule has 1 N–H and O–H groups in total. The van der Waals surface area contributed by atoms with Crippen molar-refractivity contribution in [1.82, 2.24) is 0 Å². The standard InChI is InChI=1S/C13H16O3/c1-8(13(14)15)7-11-5-6-12(16-4)10(3)9(11)2/h5-6H,1,7H2,2-4H3,(H,14,15). The molecule has 0 aliphatic rings. The van der Waals surface area contributed by atoms with E-state index in [1.54, 1.807) is 7.11 Å². The highest BCUT2D eigenvalue weighted by molar-refractivity contribution is 5.86. The van der Waals surface area contributed by atoms with Crippen LogP contribution in [-0.2, 0) is 11.2 Å². The van der Waals surface area contributed by atoms with Gasteiger partial charge in [-0.25, -0.2) is 4.79 Å². The minimum Gasteiger partial charge on any atom is -0.496 e. The van der Waals surface area contributed by atoms with Crippen LogP contribution in [0.5, 0.6) is 5.75 Å². The average Bonchev–Trinajstić information content (AvgIpc) is 2.25. The Hall–Kier alpha value is -1.77. The minimum absolute atomic E-state index is 0.202. The van der Waals surface area contributed by atoms with Gasteiger partial charge in [-0.2, -0.15) is 0 Å². The summed E-state index contributed by atoms with van der Waals surface area (Å²) in [4.78, 5) is 10.7. The van der Waals surface area contributed by atoms with Crippen LogP contribution in [0, 0.1) is 13.8 Å². The van der Waals surface area contributed by atoms with Crippen molar-refractivity contribution in [3.8, 4) is 5.75 Å².